The number of hydrogen-bond acceptors (Lipinski definition) is 4. The second kappa shape index (κ2) is 5.75. The lowest BCUT2D eigenvalue weighted by molar-refractivity contribution is 0.0694. The summed E-state index contributed by atoms with van der Waals surface area (Å²) < 4.78 is 5.25. The first-order valence-electron chi connectivity index (χ1n) is 5.69. The van der Waals surface area contributed by atoms with Crippen LogP contribution in [0.15, 0.2) is 28.9 Å². The zero-order valence-electron chi connectivity index (χ0n) is 10.5. The summed E-state index contributed by atoms with van der Waals surface area (Å²) in [6.07, 6.45) is 2.83. The van der Waals surface area contributed by atoms with Gasteiger partial charge in [-0.3, -0.25) is 9.78 Å². The molecule has 0 bridgehead atoms. The van der Waals surface area contributed by atoms with Crippen molar-refractivity contribution in [2.24, 2.45) is 0 Å². The molecule has 0 aliphatic heterocycles. The summed E-state index contributed by atoms with van der Waals surface area (Å²) in [5.41, 5.74) is 0.375. The van der Waals surface area contributed by atoms with Crippen molar-refractivity contribution >= 4 is 23.5 Å². The SMILES string of the molecule is Cc1oc(CNC(=O)c2ccncc2Cl)cc1C(=O)O. The average Bonchev–Trinajstić information content (AvgIpc) is 2.78. The van der Waals surface area contributed by atoms with E-state index in [9.17, 15) is 9.59 Å². The summed E-state index contributed by atoms with van der Waals surface area (Å²) in [6, 6.07) is 2.87. The van der Waals surface area contributed by atoms with Crippen molar-refractivity contribution in [2.45, 2.75) is 13.5 Å². The van der Waals surface area contributed by atoms with Crippen LogP contribution in [-0.4, -0.2) is 22.0 Å². The maximum Gasteiger partial charge on any atom is 0.339 e. The summed E-state index contributed by atoms with van der Waals surface area (Å²) in [6.45, 7) is 1.63. The number of pyridine rings is 1. The Kier molecular flexibility index (Phi) is 4.05. The van der Waals surface area contributed by atoms with Crippen LogP contribution >= 0.6 is 11.6 Å². The van der Waals surface area contributed by atoms with Gasteiger partial charge in [0.15, 0.2) is 0 Å². The number of carboxylic acid groups (broad SMARTS) is 1. The number of halogens is 1. The van der Waals surface area contributed by atoms with E-state index in [1.165, 1.54) is 24.5 Å². The van der Waals surface area contributed by atoms with Crippen LogP contribution in [0.1, 0.15) is 32.2 Å². The molecule has 0 spiro atoms. The molecule has 6 nitrogen and oxygen atoms in total. The van der Waals surface area contributed by atoms with Gasteiger partial charge >= 0.3 is 5.97 Å². The zero-order chi connectivity index (χ0) is 14.7. The fourth-order valence-corrected chi connectivity index (χ4v) is 1.87. The molecule has 20 heavy (non-hydrogen) atoms. The standard InChI is InChI=1S/C13H11ClN2O4/c1-7-10(13(18)19)4-8(20-7)5-16-12(17)9-2-3-15-6-11(9)14/h2-4,6H,5H2,1H3,(H,16,17)(H,18,19). The van der Waals surface area contributed by atoms with E-state index >= 15 is 0 Å². The molecule has 0 fully saturated rings. The summed E-state index contributed by atoms with van der Waals surface area (Å²) in [5, 5.41) is 11.7. The van der Waals surface area contributed by atoms with Gasteiger partial charge in [0.05, 0.1) is 17.1 Å². The number of furan rings is 1. The third-order valence-electron chi connectivity index (χ3n) is 2.64. The Morgan fingerprint density at radius 3 is 2.80 bits per heavy atom. The number of aromatic carboxylic acids is 1. The van der Waals surface area contributed by atoms with Gasteiger partial charge in [-0.1, -0.05) is 11.6 Å². The van der Waals surface area contributed by atoms with E-state index in [2.05, 4.69) is 10.3 Å². The number of aromatic nitrogens is 1. The van der Waals surface area contributed by atoms with Gasteiger partial charge < -0.3 is 14.8 Å². The minimum atomic E-state index is -1.07. The number of nitrogens with one attached hydrogen (secondary N) is 1. The molecule has 0 saturated carbocycles. The predicted molar refractivity (Wildman–Crippen MR) is 70.8 cm³/mol. The van der Waals surface area contributed by atoms with Crippen molar-refractivity contribution < 1.29 is 19.1 Å². The van der Waals surface area contributed by atoms with Gasteiger partial charge in [0, 0.05) is 12.4 Å². The Balaban J connectivity index is 2.06. The van der Waals surface area contributed by atoms with Crippen molar-refractivity contribution in [2.75, 3.05) is 0 Å². The summed E-state index contributed by atoms with van der Waals surface area (Å²) in [4.78, 5) is 26.5. The molecule has 0 saturated heterocycles. The molecule has 2 heterocycles. The largest absolute Gasteiger partial charge is 0.478 e. The van der Waals surface area contributed by atoms with Gasteiger partial charge in [0.1, 0.15) is 17.1 Å². The van der Waals surface area contributed by atoms with Crippen LogP contribution in [0.25, 0.3) is 0 Å². The predicted octanol–water partition coefficient (Wildman–Crippen LogP) is 2.26. The smallest absolute Gasteiger partial charge is 0.339 e. The molecule has 2 N–H and O–H groups in total. The Hall–Kier alpha value is -2.34. The van der Waals surface area contributed by atoms with Crippen molar-refractivity contribution in [1.29, 1.82) is 0 Å². The third kappa shape index (κ3) is 2.97. The molecule has 104 valence electrons. The molecule has 0 atom stereocenters. The van der Waals surface area contributed by atoms with Crippen LogP contribution < -0.4 is 5.32 Å². The molecular weight excluding hydrogens is 284 g/mol. The van der Waals surface area contributed by atoms with Crippen LogP contribution in [0.3, 0.4) is 0 Å². The summed E-state index contributed by atoms with van der Waals surface area (Å²) >= 11 is 5.85. The molecule has 7 heteroatoms. The molecule has 0 aliphatic carbocycles. The van der Waals surface area contributed by atoms with Crippen LogP contribution in [0.2, 0.25) is 5.02 Å². The maximum absolute atomic E-state index is 11.9. The lowest BCUT2D eigenvalue weighted by Crippen LogP contribution is -2.22. The highest BCUT2D eigenvalue weighted by atomic mass is 35.5. The van der Waals surface area contributed by atoms with Gasteiger partial charge in [0.2, 0.25) is 0 Å². The minimum Gasteiger partial charge on any atom is -0.478 e. The molecular formula is C13H11ClN2O4. The van der Waals surface area contributed by atoms with E-state index < -0.39 is 5.97 Å². The minimum absolute atomic E-state index is 0.0750. The van der Waals surface area contributed by atoms with E-state index in [0.29, 0.717) is 17.1 Å². The number of aryl methyl sites for hydroxylation is 1. The van der Waals surface area contributed by atoms with Gasteiger partial charge in [-0.15, -0.1) is 0 Å². The number of rotatable bonds is 4. The lowest BCUT2D eigenvalue weighted by atomic mass is 10.2. The van der Waals surface area contributed by atoms with E-state index in [4.69, 9.17) is 21.1 Å². The maximum atomic E-state index is 11.9. The van der Waals surface area contributed by atoms with Gasteiger partial charge in [-0.2, -0.15) is 0 Å². The van der Waals surface area contributed by atoms with Crippen molar-refractivity contribution in [1.82, 2.24) is 10.3 Å². The molecule has 0 aromatic carbocycles. The van der Waals surface area contributed by atoms with E-state index in [1.807, 2.05) is 0 Å². The van der Waals surface area contributed by atoms with Gasteiger partial charge in [0.25, 0.3) is 5.91 Å². The fraction of sp³-hybridized carbons (Fsp3) is 0.154. The molecule has 2 rings (SSSR count). The number of carbonyl (C=O) groups excluding carboxylic acids is 1. The Bertz CT molecular complexity index is 666. The van der Waals surface area contributed by atoms with Crippen LogP contribution in [0.4, 0.5) is 0 Å². The topological polar surface area (TPSA) is 92.4 Å². The summed E-state index contributed by atoms with van der Waals surface area (Å²) in [5.74, 6) is -0.800. The van der Waals surface area contributed by atoms with Gasteiger partial charge in [-0.05, 0) is 19.1 Å². The molecule has 0 unspecified atom stereocenters. The van der Waals surface area contributed by atoms with Crippen molar-refractivity contribution in [3.05, 3.63) is 52.2 Å². The van der Waals surface area contributed by atoms with Gasteiger partial charge in [-0.25, -0.2) is 4.79 Å². The van der Waals surface area contributed by atoms with Crippen molar-refractivity contribution in [3.63, 3.8) is 0 Å². The fourth-order valence-electron chi connectivity index (χ4n) is 1.67. The molecule has 1 amide bonds. The number of carboxylic acids is 1. The average molecular weight is 295 g/mol. The molecule has 2 aromatic heterocycles. The third-order valence-corrected chi connectivity index (χ3v) is 2.94. The van der Waals surface area contributed by atoms with Crippen molar-refractivity contribution in [3.8, 4) is 0 Å². The Morgan fingerprint density at radius 1 is 1.45 bits per heavy atom. The monoisotopic (exact) mass is 294 g/mol. The first-order chi connectivity index (χ1) is 9.49. The van der Waals surface area contributed by atoms with E-state index in [-0.39, 0.29) is 23.0 Å². The van der Waals surface area contributed by atoms with E-state index in [0.717, 1.165) is 0 Å². The quantitative estimate of drug-likeness (QED) is 0.902. The van der Waals surface area contributed by atoms with E-state index in [1.54, 1.807) is 6.92 Å². The molecule has 0 radical (unpaired) electrons. The molecule has 0 aliphatic rings. The highest BCUT2D eigenvalue weighted by Gasteiger charge is 2.15. The highest BCUT2D eigenvalue weighted by molar-refractivity contribution is 6.33. The van der Waals surface area contributed by atoms with Crippen LogP contribution in [-0.2, 0) is 6.54 Å². The number of amides is 1. The second-order valence-corrected chi connectivity index (χ2v) is 4.43. The van der Waals surface area contributed by atoms with Crippen LogP contribution in [0, 0.1) is 6.92 Å². The normalized spacial score (nSPS) is 10.3. The lowest BCUT2D eigenvalue weighted by Gasteiger charge is -2.04. The van der Waals surface area contributed by atoms with Crippen LogP contribution in [0.5, 0.6) is 0 Å². The first kappa shape index (κ1) is 14.1. The molecule has 2 aromatic rings. The zero-order valence-corrected chi connectivity index (χ0v) is 11.3. The Morgan fingerprint density at radius 2 is 2.20 bits per heavy atom. The first-order valence-corrected chi connectivity index (χ1v) is 6.07. The highest BCUT2D eigenvalue weighted by Crippen LogP contribution is 2.16. The number of hydrogen-bond donors (Lipinski definition) is 2. The Labute approximate surface area is 119 Å². The number of nitrogens with zero attached hydrogens (tertiary/aromatic N) is 1. The summed E-state index contributed by atoms with van der Waals surface area (Å²) in [7, 11) is 0. The number of carbonyl (C=O) groups is 2. The second-order valence-electron chi connectivity index (χ2n) is 4.03.